The van der Waals surface area contributed by atoms with Gasteiger partial charge in [-0.25, -0.2) is 0 Å². The highest BCUT2D eigenvalue weighted by molar-refractivity contribution is 6.02. The minimum atomic E-state index is -0.232. The van der Waals surface area contributed by atoms with Gasteiger partial charge in [0.05, 0.1) is 17.2 Å². The van der Waals surface area contributed by atoms with Gasteiger partial charge in [-0.1, -0.05) is 24.3 Å². The standard InChI is InChI=1S/C23H23N3O2/c1-16(23(28)25-22-6-2-5-21-20(22)4-3-13-24-21)26-14-11-18(12-15-26)17-7-9-19(27)10-8-17/h2-11,13,16,27H,12,14-15H2,1H3,(H,25,28)/t16-/m1/s1. The second kappa shape index (κ2) is 7.82. The molecular weight excluding hydrogens is 350 g/mol. The van der Waals surface area contributed by atoms with Crippen LogP contribution in [0.5, 0.6) is 5.75 Å². The normalized spacial score (nSPS) is 15.8. The van der Waals surface area contributed by atoms with Gasteiger partial charge < -0.3 is 10.4 Å². The Balaban J connectivity index is 1.44. The topological polar surface area (TPSA) is 65.5 Å². The molecule has 0 saturated carbocycles. The number of carbonyl (C=O) groups excluding carboxylic acids is 1. The fourth-order valence-electron chi connectivity index (χ4n) is 3.59. The van der Waals surface area contributed by atoms with E-state index in [2.05, 4.69) is 21.3 Å². The van der Waals surface area contributed by atoms with Crippen LogP contribution in [0.25, 0.3) is 16.5 Å². The molecule has 5 heteroatoms. The number of nitrogens with one attached hydrogen (secondary N) is 1. The van der Waals surface area contributed by atoms with Crippen LogP contribution >= 0.6 is 0 Å². The molecule has 2 aromatic carbocycles. The molecule has 5 nitrogen and oxygen atoms in total. The highest BCUT2D eigenvalue weighted by Gasteiger charge is 2.24. The number of anilines is 1. The number of aromatic hydroxyl groups is 1. The number of hydrogen-bond acceptors (Lipinski definition) is 4. The number of phenolic OH excluding ortho intramolecular Hbond substituents is 1. The summed E-state index contributed by atoms with van der Waals surface area (Å²) >= 11 is 0. The molecule has 0 fully saturated rings. The van der Waals surface area contributed by atoms with Crippen LogP contribution in [0.4, 0.5) is 5.69 Å². The molecule has 0 saturated heterocycles. The number of carbonyl (C=O) groups is 1. The average Bonchev–Trinajstić information content (AvgIpc) is 2.74. The van der Waals surface area contributed by atoms with Gasteiger partial charge in [-0.2, -0.15) is 0 Å². The number of pyridine rings is 1. The summed E-state index contributed by atoms with van der Waals surface area (Å²) in [5, 5.41) is 13.4. The van der Waals surface area contributed by atoms with E-state index in [0.717, 1.165) is 41.7 Å². The lowest BCUT2D eigenvalue weighted by molar-refractivity contribution is -0.120. The Morgan fingerprint density at radius 3 is 2.71 bits per heavy atom. The third-order valence-corrected chi connectivity index (χ3v) is 5.31. The molecule has 0 bridgehead atoms. The van der Waals surface area contributed by atoms with Gasteiger partial charge in [0, 0.05) is 24.7 Å². The van der Waals surface area contributed by atoms with E-state index in [9.17, 15) is 9.90 Å². The summed E-state index contributed by atoms with van der Waals surface area (Å²) in [7, 11) is 0. The SMILES string of the molecule is C[C@H](C(=O)Nc1cccc2ncccc12)N1CC=C(c2ccc(O)cc2)CC1. The van der Waals surface area contributed by atoms with E-state index in [1.807, 2.05) is 49.4 Å². The van der Waals surface area contributed by atoms with Crippen LogP contribution in [0.15, 0.2) is 66.9 Å². The fraction of sp³-hybridized carbons (Fsp3) is 0.217. The van der Waals surface area contributed by atoms with Gasteiger partial charge in [-0.3, -0.25) is 14.7 Å². The van der Waals surface area contributed by atoms with Crippen molar-refractivity contribution in [2.75, 3.05) is 18.4 Å². The second-order valence-corrected chi connectivity index (χ2v) is 7.06. The van der Waals surface area contributed by atoms with Gasteiger partial charge in [-0.05, 0) is 60.9 Å². The van der Waals surface area contributed by atoms with Crippen molar-refractivity contribution in [2.45, 2.75) is 19.4 Å². The number of hydrogen-bond donors (Lipinski definition) is 2. The summed E-state index contributed by atoms with van der Waals surface area (Å²) in [6.45, 7) is 3.48. The van der Waals surface area contributed by atoms with E-state index in [4.69, 9.17) is 0 Å². The monoisotopic (exact) mass is 373 g/mol. The molecule has 142 valence electrons. The maximum atomic E-state index is 12.8. The van der Waals surface area contributed by atoms with E-state index >= 15 is 0 Å². The minimum absolute atomic E-state index is 0.0159. The molecule has 2 heterocycles. The molecule has 0 aliphatic carbocycles. The Morgan fingerprint density at radius 1 is 1.14 bits per heavy atom. The zero-order chi connectivity index (χ0) is 19.5. The second-order valence-electron chi connectivity index (χ2n) is 7.06. The zero-order valence-corrected chi connectivity index (χ0v) is 15.8. The number of amides is 1. The number of aromatic nitrogens is 1. The quantitative estimate of drug-likeness (QED) is 0.724. The summed E-state index contributed by atoms with van der Waals surface area (Å²) in [6.07, 6.45) is 4.80. The molecule has 2 N–H and O–H groups in total. The Labute approximate surface area is 164 Å². The van der Waals surface area contributed by atoms with Crippen LogP contribution in [0.1, 0.15) is 18.9 Å². The molecule has 1 aliphatic rings. The Kier molecular flexibility index (Phi) is 5.08. The lowest BCUT2D eigenvalue weighted by Gasteiger charge is -2.31. The van der Waals surface area contributed by atoms with Crippen molar-refractivity contribution in [3.05, 3.63) is 72.4 Å². The minimum Gasteiger partial charge on any atom is -0.508 e. The van der Waals surface area contributed by atoms with E-state index < -0.39 is 0 Å². The average molecular weight is 373 g/mol. The van der Waals surface area contributed by atoms with Crippen molar-refractivity contribution >= 4 is 28.1 Å². The summed E-state index contributed by atoms with van der Waals surface area (Å²) in [6, 6.07) is 16.6. The number of rotatable bonds is 4. The number of phenols is 1. The molecule has 0 radical (unpaired) electrons. The Morgan fingerprint density at radius 2 is 1.96 bits per heavy atom. The molecule has 4 rings (SSSR count). The molecule has 0 unspecified atom stereocenters. The summed E-state index contributed by atoms with van der Waals surface area (Å²) in [5.74, 6) is 0.258. The van der Waals surface area contributed by atoms with Crippen LogP contribution in [0.3, 0.4) is 0 Å². The van der Waals surface area contributed by atoms with Crippen LogP contribution in [-0.4, -0.2) is 40.0 Å². The Hall–Kier alpha value is -3.18. The van der Waals surface area contributed by atoms with Gasteiger partial charge in [0.2, 0.25) is 5.91 Å². The van der Waals surface area contributed by atoms with Gasteiger partial charge in [-0.15, -0.1) is 0 Å². The molecule has 1 aromatic heterocycles. The lowest BCUT2D eigenvalue weighted by Crippen LogP contribution is -2.44. The molecule has 1 amide bonds. The van der Waals surface area contributed by atoms with E-state index in [0.29, 0.717) is 0 Å². The van der Waals surface area contributed by atoms with Crippen LogP contribution in [0.2, 0.25) is 0 Å². The van der Waals surface area contributed by atoms with Crippen LogP contribution < -0.4 is 5.32 Å². The number of nitrogens with zero attached hydrogens (tertiary/aromatic N) is 2. The smallest absolute Gasteiger partial charge is 0.241 e. The largest absolute Gasteiger partial charge is 0.508 e. The molecule has 3 aromatic rings. The summed E-state index contributed by atoms with van der Waals surface area (Å²) < 4.78 is 0. The zero-order valence-electron chi connectivity index (χ0n) is 15.8. The lowest BCUT2D eigenvalue weighted by atomic mass is 9.98. The maximum absolute atomic E-state index is 12.8. The molecule has 1 atom stereocenters. The van der Waals surface area contributed by atoms with Gasteiger partial charge in [0.25, 0.3) is 0 Å². The fourth-order valence-corrected chi connectivity index (χ4v) is 3.59. The van der Waals surface area contributed by atoms with E-state index in [-0.39, 0.29) is 17.7 Å². The van der Waals surface area contributed by atoms with Gasteiger partial charge in [0.1, 0.15) is 5.75 Å². The van der Waals surface area contributed by atoms with Crippen molar-refractivity contribution in [3.63, 3.8) is 0 Å². The molecule has 28 heavy (non-hydrogen) atoms. The predicted molar refractivity (Wildman–Crippen MR) is 112 cm³/mol. The highest BCUT2D eigenvalue weighted by atomic mass is 16.3. The third kappa shape index (κ3) is 3.75. The van der Waals surface area contributed by atoms with E-state index in [1.165, 1.54) is 5.57 Å². The third-order valence-electron chi connectivity index (χ3n) is 5.31. The maximum Gasteiger partial charge on any atom is 0.241 e. The first kappa shape index (κ1) is 18.2. The van der Waals surface area contributed by atoms with Crippen LogP contribution in [0, 0.1) is 0 Å². The van der Waals surface area contributed by atoms with Crippen molar-refractivity contribution in [2.24, 2.45) is 0 Å². The predicted octanol–water partition coefficient (Wildman–Crippen LogP) is 4.06. The summed E-state index contributed by atoms with van der Waals surface area (Å²) in [4.78, 5) is 19.3. The highest BCUT2D eigenvalue weighted by Crippen LogP contribution is 2.26. The first-order valence-corrected chi connectivity index (χ1v) is 9.49. The van der Waals surface area contributed by atoms with Crippen molar-refractivity contribution in [1.29, 1.82) is 0 Å². The Bertz CT molecular complexity index is 1020. The number of fused-ring (bicyclic) bond motifs is 1. The number of benzene rings is 2. The van der Waals surface area contributed by atoms with Crippen LogP contribution in [-0.2, 0) is 4.79 Å². The first-order chi connectivity index (χ1) is 13.6. The van der Waals surface area contributed by atoms with Gasteiger partial charge >= 0.3 is 0 Å². The van der Waals surface area contributed by atoms with Gasteiger partial charge in [0.15, 0.2) is 0 Å². The van der Waals surface area contributed by atoms with E-state index in [1.54, 1.807) is 18.3 Å². The molecule has 0 spiro atoms. The first-order valence-electron chi connectivity index (χ1n) is 9.49. The van der Waals surface area contributed by atoms with Crippen molar-refractivity contribution in [3.8, 4) is 5.75 Å². The molecular formula is C23H23N3O2. The molecule has 1 aliphatic heterocycles. The van der Waals surface area contributed by atoms with Crippen molar-refractivity contribution < 1.29 is 9.90 Å². The summed E-state index contributed by atoms with van der Waals surface area (Å²) in [5.41, 5.74) is 4.04. The van der Waals surface area contributed by atoms with Crippen molar-refractivity contribution in [1.82, 2.24) is 9.88 Å².